The third-order valence-electron chi connectivity index (χ3n) is 9.59. The minimum Gasteiger partial charge on any atom is -0.493 e. The van der Waals surface area contributed by atoms with Gasteiger partial charge in [0.1, 0.15) is 11.9 Å². The van der Waals surface area contributed by atoms with E-state index >= 15 is 0 Å². The van der Waals surface area contributed by atoms with Crippen LogP contribution in [-0.4, -0.2) is 67.6 Å². The highest BCUT2D eigenvalue weighted by Gasteiger charge is 2.66. The molecule has 2 bridgehead atoms. The number of hydrogen-bond donors (Lipinski definition) is 0. The normalized spacial score (nSPS) is 28.2. The predicted octanol–water partition coefficient (Wildman–Crippen LogP) is 4.85. The number of likely N-dealkylation sites (N-methyl/N-ethyl adjacent to an activating group) is 2. The first-order valence-corrected chi connectivity index (χ1v) is 13.9. The number of piperidine rings is 1. The molecule has 2 heterocycles. The molecule has 0 aromatic heterocycles. The Labute approximate surface area is 236 Å². The van der Waals surface area contributed by atoms with E-state index in [0.717, 1.165) is 55.5 Å². The number of amides is 1. The quantitative estimate of drug-likeness (QED) is 0.291. The van der Waals surface area contributed by atoms with Gasteiger partial charge >= 0.3 is 12.1 Å². The zero-order chi connectivity index (χ0) is 29.3. The summed E-state index contributed by atoms with van der Waals surface area (Å²) in [6.45, 7) is 2.24. The number of hydrogen-bond acceptors (Lipinski definition) is 6. The Balaban J connectivity index is 1.36. The van der Waals surface area contributed by atoms with Crippen LogP contribution < -0.4 is 14.2 Å². The van der Waals surface area contributed by atoms with Gasteiger partial charge in [0.15, 0.2) is 11.5 Å². The molecule has 2 aromatic carbocycles. The SMILES string of the molecule is COc1cc(OC(C)=O)c2c3c1O[C@H]1[C@@H](N(C)C(=O)C=Cc4cccc(C(F)(F)F)c4)CC[C@H]4[C@@H](C2)N(C)CC[C@@]341. The molecular formula is C31H33F3N2O5. The molecule has 1 saturated carbocycles. The van der Waals surface area contributed by atoms with Gasteiger partial charge in [0.2, 0.25) is 5.91 Å². The van der Waals surface area contributed by atoms with E-state index in [1.54, 1.807) is 25.1 Å². The van der Waals surface area contributed by atoms with E-state index in [9.17, 15) is 22.8 Å². The molecule has 1 amide bonds. The van der Waals surface area contributed by atoms with Crippen molar-refractivity contribution < 1.29 is 37.0 Å². The van der Waals surface area contributed by atoms with Crippen LogP contribution in [0, 0.1) is 5.92 Å². The number of carbonyl (C=O) groups excluding carboxylic acids is 2. The standard InChI is InChI=1S/C31H33F3N2O5/c1-17(37)40-24-16-25(39-4)28-27-20(24)15-23-21-9-10-22(29(41-28)30(21,27)12-13-35(23)2)36(3)26(38)11-8-18-6-5-7-19(14-18)31(32,33)34/h5-8,11,14,16,21-23,29H,9-10,12-13,15H2,1-4H3/t21-,22-,23+,29-,30-/m0/s1. The lowest BCUT2D eigenvalue weighted by atomic mass is 9.51. The van der Waals surface area contributed by atoms with Gasteiger partial charge in [-0.2, -0.15) is 13.2 Å². The Hall–Kier alpha value is -3.53. The molecule has 4 aliphatic rings. The second kappa shape index (κ2) is 9.79. The summed E-state index contributed by atoms with van der Waals surface area (Å²) in [7, 11) is 5.41. The number of alkyl halides is 3. The van der Waals surface area contributed by atoms with Crippen LogP contribution in [-0.2, 0) is 27.6 Å². The fraction of sp³-hybridized carbons (Fsp3) is 0.484. The zero-order valence-corrected chi connectivity index (χ0v) is 23.5. The van der Waals surface area contributed by atoms with Gasteiger partial charge < -0.3 is 24.0 Å². The van der Waals surface area contributed by atoms with Crippen molar-refractivity contribution in [3.63, 3.8) is 0 Å². The summed E-state index contributed by atoms with van der Waals surface area (Å²) >= 11 is 0. The maximum atomic E-state index is 13.4. The van der Waals surface area contributed by atoms with Crippen molar-refractivity contribution in [3.05, 3.63) is 58.7 Å². The lowest BCUT2D eigenvalue weighted by molar-refractivity contribution is -0.137. The molecule has 2 aliphatic carbocycles. The highest BCUT2D eigenvalue weighted by Crippen LogP contribution is 2.65. The van der Waals surface area contributed by atoms with Gasteiger partial charge in [-0.05, 0) is 69.0 Å². The predicted molar refractivity (Wildman–Crippen MR) is 145 cm³/mol. The van der Waals surface area contributed by atoms with Crippen LogP contribution in [0.1, 0.15) is 48.4 Å². The number of methoxy groups -OCH3 is 1. The lowest BCUT2D eigenvalue weighted by Crippen LogP contribution is -2.68. The third-order valence-corrected chi connectivity index (χ3v) is 9.59. The van der Waals surface area contributed by atoms with Crippen LogP contribution in [0.4, 0.5) is 13.2 Å². The smallest absolute Gasteiger partial charge is 0.416 e. The van der Waals surface area contributed by atoms with Crippen molar-refractivity contribution in [2.45, 2.75) is 62.4 Å². The molecule has 6 rings (SSSR count). The van der Waals surface area contributed by atoms with E-state index in [4.69, 9.17) is 14.2 Å². The van der Waals surface area contributed by atoms with Crippen molar-refractivity contribution in [2.24, 2.45) is 5.92 Å². The van der Waals surface area contributed by atoms with Gasteiger partial charge in [0, 0.05) is 48.7 Å². The summed E-state index contributed by atoms with van der Waals surface area (Å²) in [6.07, 6.45) is 1.10. The summed E-state index contributed by atoms with van der Waals surface area (Å²) < 4.78 is 57.6. The Morgan fingerprint density at radius 1 is 1.20 bits per heavy atom. The maximum Gasteiger partial charge on any atom is 0.416 e. The van der Waals surface area contributed by atoms with E-state index in [0.29, 0.717) is 22.8 Å². The minimum absolute atomic E-state index is 0.235. The molecule has 2 aromatic rings. The molecule has 7 nitrogen and oxygen atoms in total. The number of likely N-dealkylation sites (tertiary alicyclic amines) is 1. The monoisotopic (exact) mass is 570 g/mol. The number of esters is 1. The average molecular weight is 571 g/mol. The average Bonchev–Trinajstić information content (AvgIpc) is 3.28. The van der Waals surface area contributed by atoms with Crippen LogP contribution in [0.15, 0.2) is 36.4 Å². The Morgan fingerprint density at radius 3 is 2.68 bits per heavy atom. The fourth-order valence-corrected chi connectivity index (χ4v) is 7.81. The van der Waals surface area contributed by atoms with Gasteiger partial charge in [0.05, 0.1) is 18.7 Å². The van der Waals surface area contributed by atoms with Gasteiger partial charge in [-0.1, -0.05) is 12.1 Å². The summed E-state index contributed by atoms with van der Waals surface area (Å²) in [5.41, 5.74) is 1.15. The minimum atomic E-state index is -4.46. The van der Waals surface area contributed by atoms with E-state index in [2.05, 4.69) is 11.9 Å². The van der Waals surface area contributed by atoms with Crippen LogP contribution in [0.2, 0.25) is 0 Å². The van der Waals surface area contributed by atoms with Crippen molar-refractivity contribution in [1.29, 1.82) is 0 Å². The Bertz CT molecular complexity index is 1440. The number of halogens is 3. The number of benzene rings is 2. The van der Waals surface area contributed by atoms with E-state index < -0.39 is 17.7 Å². The van der Waals surface area contributed by atoms with Crippen molar-refractivity contribution in [3.8, 4) is 17.2 Å². The number of ether oxygens (including phenoxy) is 3. The molecule has 0 unspecified atom stereocenters. The number of nitrogens with zero attached hydrogens (tertiary/aromatic N) is 2. The molecule has 0 N–H and O–H groups in total. The molecule has 2 fully saturated rings. The molecule has 10 heteroatoms. The van der Waals surface area contributed by atoms with E-state index in [1.807, 2.05) is 0 Å². The summed E-state index contributed by atoms with van der Waals surface area (Å²) in [4.78, 5) is 29.5. The Kier molecular flexibility index (Phi) is 6.60. The molecular weight excluding hydrogens is 537 g/mol. The summed E-state index contributed by atoms with van der Waals surface area (Å²) in [5, 5.41) is 0. The first kappa shape index (κ1) is 27.6. The number of carbonyl (C=O) groups is 2. The lowest BCUT2D eigenvalue weighted by Gasteiger charge is -2.59. The van der Waals surface area contributed by atoms with Crippen LogP contribution in [0.5, 0.6) is 17.2 Å². The Morgan fingerprint density at radius 2 is 1.98 bits per heavy atom. The first-order chi connectivity index (χ1) is 19.5. The molecule has 2 aliphatic heterocycles. The van der Waals surface area contributed by atoms with Crippen molar-refractivity contribution in [1.82, 2.24) is 9.80 Å². The maximum absolute atomic E-state index is 13.4. The molecule has 41 heavy (non-hydrogen) atoms. The molecule has 1 spiro atoms. The van der Waals surface area contributed by atoms with Crippen LogP contribution in [0.25, 0.3) is 6.08 Å². The summed E-state index contributed by atoms with van der Waals surface area (Å²) in [6, 6.07) is 6.59. The number of rotatable bonds is 5. The summed E-state index contributed by atoms with van der Waals surface area (Å²) in [5.74, 6) is 1.22. The zero-order valence-electron chi connectivity index (χ0n) is 23.5. The topological polar surface area (TPSA) is 68.3 Å². The van der Waals surface area contributed by atoms with Gasteiger partial charge in [-0.3, -0.25) is 9.59 Å². The van der Waals surface area contributed by atoms with E-state index in [1.165, 1.54) is 31.2 Å². The van der Waals surface area contributed by atoms with Gasteiger partial charge in [-0.15, -0.1) is 0 Å². The molecule has 0 radical (unpaired) electrons. The molecule has 1 saturated heterocycles. The van der Waals surface area contributed by atoms with E-state index in [-0.39, 0.29) is 35.4 Å². The van der Waals surface area contributed by atoms with Gasteiger partial charge in [-0.25, -0.2) is 0 Å². The highest BCUT2D eigenvalue weighted by molar-refractivity contribution is 5.92. The third kappa shape index (κ3) is 4.29. The largest absolute Gasteiger partial charge is 0.493 e. The van der Waals surface area contributed by atoms with Crippen molar-refractivity contribution >= 4 is 18.0 Å². The van der Waals surface area contributed by atoms with Crippen LogP contribution in [0.3, 0.4) is 0 Å². The van der Waals surface area contributed by atoms with Crippen LogP contribution >= 0.6 is 0 Å². The van der Waals surface area contributed by atoms with Crippen molar-refractivity contribution in [2.75, 3.05) is 27.7 Å². The fourth-order valence-electron chi connectivity index (χ4n) is 7.81. The van der Waals surface area contributed by atoms with Gasteiger partial charge in [0.25, 0.3) is 0 Å². The first-order valence-electron chi connectivity index (χ1n) is 13.9. The molecule has 5 atom stereocenters. The molecule has 218 valence electrons. The highest BCUT2D eigenvalue weighted by atomic mass is 19.4. The second-order valence-electron chi connectivity index (χ2n) is 11.6. The second-order valence-corrected chi connectivity index (χ2v) is 11.6.